The molecule has 0 spiro atoms. The molecule has 3 nitrogen and oxygen atoms in total. The Bertz CT molecular complexity index is 1130. The number of benzene rings is 1. The molecule has 1 aliphatic heterocycles. The van der Waals surface area contributed by atoms with E-state index in [4.69, 9.17) is 0 Å². The number of hydrogen-bond acceptors (Lipinski definition) is 4. The van der Waals surface area contributed by atoms with E-state index in [-0.39, 0.29) is 5.92 Å². The summed E-state index contributed by atoms with van der Waals surface area (Å²) in [5.41, 5.74) is 3.30. The second-order valence-corrected chi connectivity index (χ2v) is 10.8. The smallest absolute Gasteiger partial charge is 0.147 e. The van der Waals surface area contributed by atoms with Crippen LogP contribution in [0.1, 0.15) is 63.1 Å². The highest BCUT2D eigenvalue weighted by molar-refractivity contribution is 7.17. The van der Waals surface area contributed by atoms with Crippen LogP contribution < -0.4 is 0 Å². The van der Waals surface area contributed by atoms with Crippen LogP contribution in [0.15, 0.2) is 60.1 Å². The monoisotopic (exact) mass is 458 g/mol. The Morgan fingerprint density at radius 2 is 2.00 bits per heavy atom. The highest BCUT2D eigenvalue weighted by Gasteiger charge is 2.40. The lowest BCUT2D eigenvalue weighted by Crippen LogP contribution is -2.42. The molecule has 0 N–H and O–H groups in total. The summed E-state index contributed by atoms with van der Waals surface area (Å²) in [6.45, 7) is 5.07. The van der Waals surface area contributed by atoms with Gasteiger partial charge in [0.15, 0.2) is 0 Å². The van der Waals surface area contributed by atoms with Gasteiger partial charge in [0, 0.05) is 29.9 Å². The lowest BCUT2D eigenvalue weighted by molar-refractivity contribution is -0.129. The molecule has 33 heavy (non-hydrogen) atoms. The molecule has 4 heteroatoms. The van der Waals surface area contributed by atoms with Crippen molar-refractivity contribution in [2.45, 2.75) is 57.3 Å². The first-order valence-corrected chi connectivity index (χ1v) is 13.4. The molecule has 3 aromatic rings. The van der Waals surface area contributed by atoms with E-state index in [1.807, 2.05) is 29.7 Å². The second kappa shape index (κ2) is 9.90. The average Bonchev–Trinajstić information content (AvgIpc) is 3.37. The number of nitrogens with zero attached hydrogens (tertiary/aromatic N) is 2. The lowest BCUT2D eigenvalue weighted by Gasteiger charge is -2.35. The Morgan fingerprint density at radius 3 is 2.76 bits per heavy atom. The van der Waals surface area contributed by atoms with Crippen LogP contribution in [0.5, 0.6) is 0 Å². The van der Waals surface area contributed by atoms with E-state index in [1.165, 1.54) is 40.5 Å². The number of carbonyl (C=O) groups is 1. The summed E-state index contributed by atoms with van der Waals surface area (Å²) >= 11 is 1.84. The van der Waals surface area contributed by atoms with E-state index >= 15 is 0 Å². The van der Waals surface area contributed by atoms with Gasteiger partial charge in [0.05, 0.1) is 11.1 Å². The summed E-state index contributed by atoms with van der Waals surface area (Å²) in [4.78, 5) is 20.9. The minimum absolute atomic E-state index is 0.199. The van der Waals surface area contributed by atoms with Crippen LogP contribution in [0.25, 0.3) is 15.7 Å². The van der Waals surface area contributed by atoms with Crippen LogP contribution in [0, 0.1) is 5.92 Å². The maximum absolute atomic E-state index is 13.8. The van der Waals surface area contributed by atoms with E-state index in [9.17, 15) is 4.79 Å². The number of fused-ring (bicyclic) bond motifs is 1. The average molecular weight is 459 g/mol. The fourth-order valence-corrected chi connectivity index (χ4v) is 6.62. The molecular formula is C29H34N2OS. The van der Waals surface area contributed by atoms with Gasteiger partial charge in [0.25, 0.3) is 0 Å². The number of pyridine rings is 1. The van der Waals surface area contributed by atoms with Crippen molar-refractivity contribution < 1.29 is 4.79 Å². The molecule has 0 saturated heterocycles. The fraction of sp³-hybridized carbons (Fsp3) is 0.448. The summed E-state index contributed by atoms with van der Waals surface area (Å²) < 4.78 is 1.40. The zero-order valence-corrected chi connectivity index (χ0v) is 20.4. The van der Waals surface area contributed by atoms with Crippen LogP contribution in [0.3, 0.4) is 0 Å². The number of thiophene rings is 1. The normalized spacial score (nSPS) is 19.8. The third kappa shape index (κ3) is 4.69. The molecule has 1 fully saturated rings. The molecule has 1 aromatic carbocycles. The molecule has 1 saturated carbocycles. The number of hydrogen-bond donors (Lipinski definition) is 0. The van der Waals surface area contributed by atoms with Gasteiger partial charge in [0.2, 0.25) is 0 Å². The molecule has 5 rings (SSSR count). The van der Waals surface area contributed by atoms with Gasteiger partial charge < -0.3 is 0 Å². The molecule has 3 heterocycles. The first kappa shape index (κ1) is 22.5. The number of carbonyl (C=O) groups excluding carboxylic acids is 1. The minimum atomic E-state index is -0.504. The minimum Gasteiger partial charge on any atom is -0.299 e. The standard InChI is InChI=1S/C29H34N2OS/c1-29(26-12-5-6-17-30-26,28(32)24-8-3-2-4-9-24)16-20-31-18-13-22(14-19-31)25-11-7-10-23-15-21-33-27(23)25/h5-7,10-13,15,17,21,24H,2-4,8-9,14,16,18-20H2,1H3. The van der Waals surface area contributed by atoms with E-state index < -0.39 is 5.41 Å². The summed E-state index contributed by atoms with van der Waals surface area (Å²) in [6.07, 6.45) is 11.9. The maximum atomic E-state index is 13.8. The van der Waals surface area contributed by atoms with E-state index in [2.05, 4.69) is 58.6 Å². The first-order valence-electron chi connectivity index (χ1n) is 12.5. The molecule has 1 aliphatic carbocycles. The third-order valence-corrected chi connectivity index (χ3v) is 8.76. The quantitative estimate of drug-likeness (QED) is 0.387. The lowest BCUT2D eigenvalue weighted by atomic mass is 9.70. The summed E-state index contributed by atoms with van der Waals surface area (Å²) in [5, 5.41) is 3.53. The number of rotatable bonds is 7. The Hall–Kier alpha value is -2.30. The maximum Gasteiger partial charge on any atom is 0.147 e. The molecular weight excluding hydrogens is 424 g/mol. The van der Waals surface area contributed by atoms with Crippen molar-refractivity contribution in [3.63, 3.8) is 0 Å². The van der Waals surface area contributed by atoms with Gasteiger partial charge in [-0.05, 0) is 79.3 Å². The highest BCUT2D eigenvalue weighted by atomic mass is 32.1. The van der Waals surface area contributed by atoms with Crippen LogP contribution >= 0.6 is 11.3 Å². The predicted octanol–water partition coefficient (Wildman–Crippen LogP) is 6.88. The van der Waals surface area contributed by atoms with Crippen LogP contribution in [0.2, 0.25) is 0 Å². The summed E-state index contributed by atoms with van der Waals surface area (Å²) in [7, 11) is 0. The Labute approximate surface area is 201 Å². The van der Waals surface area contributed by atoms with E-state index in [1.54, 1.807) is 0 Å². The van der Waals surface area contributed by atoms with Gasteiger partial charge in [-0.1, -0.05) is 49.6 Å². The molecule has 1 unspecified atom stereocenters. The zero-order chi connectivity index (χ0) is 22.7. The summed E-state index contributed by atoms with van der Waals surface area (Å²) in [5.74, 6) is 0.614. The molecule has 172 valence electrons. The topological polar surface area (TPSA) is 33.2 Å². The van der Waals surface area contributed by atoms with Crippen molar-refractivity contribution in [3.8, 4) is 0 Å². The van der Waals surface area contributed by atoms with E-state index in [0.717, 1.165) is 51.0 Å². The summed E-state index contributed by atoms with van der Waals surface area (Å²) in [6, 6.07) is 14.9. The second-order valence-electron chi connectivity index (χ2n) is 9.92. The third-order valence-electron chi connectivity index (χ3n) is 7.80. The largest absolute Gasteiger partial charge is 0.299 e. The van der Waals surface area contributed by atoms with Crippen molar-refractivity contribution in [1.29, 1.82) is 0 Å². The molecule has 0 amide bonds. The van der Waals surface area contributed by atoms with Gasteiger partial charge in [-0.2, -0.15) is 0 Å². The van der Waals surface area contributed by atoms with E-state index in [0.29, 0.717) is 5.78 Å². The molecule has 2 aliphatic rings. The van der Waals surface area contributed by atoms with Gasteiger partial charge >= 0.3 is 0 Å². The van der Waals surface area contributed by atoms with Crippen molar-refractivity contribution in [2.24, 2.45) is 5.92 Å². The highest BCUT2D eigenvalue weighted by Crippen LogP contribution is 2.37. The van der Waals surface area contributed by atoms with Gasteiger partial charge in [-0.25, -0.2) is 0 Å². The Balaban J connectivity index is 1.30. The fourth-order valence-electron chi connectivity index (χ4n) is 5.67. The SMILES string of the molecule is CC(CCN1CC=C(c2cccc3ccsc23)CC1)(C(=O)C1CCCCC1)c1ccccn1. The van der Waals surface area contributed by atoms with Gasteiger partial charge in [0.1, 0.15) is 5.78 Å². The predicted molar refractivity (Wildman–Crippen MR) is 139 cm³/mol. The number of Topliss-reactive ketones (excluding diaryl/α,β-unsaturated/α-hetero) is 1. The number of ketones is 1. The number of aromatic nitrogens is 1. The zero-order valence-electron chi connectivity index (χ0n) is 19.6. The van der Waals surface area contributed by atoms with Gasteiger partial charge in [-0.3, -0.25) is 14.7 Å². The van der Waals surface area contributed by atoms with Crippen molar-refractivity contribution in [3.05, 3.63) is 71.4 Å². The Kier molecular flexibility index (Phi) is 6.75. The molecule has 0 bridgehead atoms. The molecule has 1 atom stereocenters. The van der Waals surface area contributed by atoms with Crippen LogP contribution in [0.4, 0.5) is 0 Å². The van der Waals surface area contributed by atoms with Crippen LogP contribution in [-0.4, -0.2) is 35.3 Å². The van der Waals surface area contributed by atoms with Crippen LogP contribution in [-0.2, 0) is 10.2 Å². The Morgan fingerprint density at radius 1 is 1.12 bits per heavy atom. The molecule has 2 aromatic heterocycles. The van der Waals surface area contributed by atoms with Crippen molar-refractivity contribution in [2.75, 3.05) is 19.6 Å². The first-order chi connectivity index (χ1) is 16.1. The van der Waals surface area contributed by atoms with Crippen molar-refractivity contribution >= 4 is 32.8 Å². The molecule has 0 radical (unpaired) electrons. The van der Waals surface area contributed by atoms with Crippen molar-refractivity contribution in [1.82, 2.24) is 9.88 Å². The van der Waals surface area contributed by atoms with Gasteiger partial charge in [-0.15, -0.1) is 11.3 Å².